The maximum Gasteiger partial charge on any atom is 0.116 e. The molecule has 0 fully saturated rings. The van der Waals surface area contributed by atoms with Crippen LogP contribution in [0.1, 0.15) is 23.6 Å². The predicted octanol–water partition coefficient (Wildman–Crippen LogP) is 3.84. The Morgan fingerprint density at radius 3 is 2.48 bits per heavy atom. The maximum atomic E-state index is 7.54. The van der Waals surface area contributed by atoms with Gasteiger partial charge in [-0.15, -0.1) is 0 Å². The van der Waals surface area contributed by atoms with Crippen LogP contribution in [0.2, 0.25) is 0 Å². The molecule has 0 aliphatic carbocycles. The van der Waals surface area contributed by atoms with E-state index in [1.807, 2.05) is 36.4 Å². The summed E-state index contributed by atoms with van der Waals surface area (Å²) in [6.45, 7) is 3.82. The predicted molar refractivity (Wildman–Crippen MR) is 85.8 cm³/mol. The van der Waals surface area contributed by atoms with E-state index in [0.29, 0.717) is 11.4 Å². The highest BCUT2D eigenvalue weighted by atomic mass is 15.1. The van der Waals surface area contributed by atoms with Gasteiger partial charge in [0.1, 0.15) is 5.70 Å². The third kappa shape index (κ3) is 2.18. The van der Waals surface area contributed by atoms with Gasteiger partial charge >= 0.3 is 0 Å². The van der Waals surface area contributed by atoms with Crippen molar-refractivity contribution in [2.75, 3.05) is 11.4 Å². The molecule has 0 radical (unpaired) electrons. The lowest BCUT2D eigenvalue weighted by molar-refractivity contribution is 0.825. The summed E-state index contributed by atoms with van der Waals surface area (Å²) in [6.07, 6.45) is 0. The van der Waals surface area contributed by atoms with E-state index in [1.165, 1.54) is 0 Å². The number of nitrogens with one attached hydrogen (secondary N) is 1. The molecule has 4 heteroatoms. The molecule has 1 heterocycles. The summed E-state index contributed by atoms with van der Waals surface area (Å²) in [5.74, 6) is 0. The molecule has 0 saturated carbocycles. The Morgan fingerprint density at radius 2 is 1.76 bits per heavy atom. The fourth-order valence-corrected chi connectivity index (χ4v) is 2.83. The zero-order valence-electron chi connectivity index (χ0n) is 12.0. The average molecular weight is 278 g/mol. The van der Waals surface area contributed by atoms with Gasteiger partial charge in [0.2, 0.25) is 0 Å². The van der Waals surface area contributed by atoms with Crippen molar-refractivity contribution in [3.63, 3.8) is 0 Å². The first kappa shape index (κ1) is 13.4. The lowest BCUT2D eigenvalue weighted by Crippen LogP contribution is -2.25. The van der Waals surface area contributed by atoms with E-state index >= 15 is 0 Å². The van der Waals surface area contributed by atoms with Gasteiger partial charge in [-0.3, -0.25) is 0 Å². The minimum atomic E-state index is 0.550. The molecule has 0 amide bonds. The van der Waals surface area contributed by atoms with Gasteiger partial charge < -0.3 is 10.6 Å². The van der Waals surface area contributed by atoms with Crippen LogP contribution in [0.15, 0.2) is 53.6 Å². The number of anilines is 1. The van der Waals surface area contributed by atoms with E-state index in [1.54, 1.807) is 0 Å². The number of nitrogens with two attached hydrogens (primary N) is 1. The molecule has 0 spiro atoms. The largest absolute Gasteiger partial charge is 0.396 e. The van der Waals surface area contributed by atoms with E-state index in [4.69, 9.17) is 11.3 Å². The number of nitrogens with zero attached hydrogens (tertiary/aromatic N) is 2. The van der Waals surface area contributed by atoms with E-state index in [2.05, 4.69) is 29.1 Å². The van der Waals surface area contributed by atoms with Crippen molar-refractivity contribution >= 4 is 17.1 Å². The summed E-state index contributed by atoms with van der Waals surface area (Å²) in [5, 5.41) is 3.71. The standard InChI is InChI=1S/C17H18N4/c1-2-21-11-12-7-3-4-8-13(12)17(20-19)16(18)14-9-5-6-10-15(14)21/h3-10,19H,2,11,18H2,1H3/b17-16-,20-19?. The van der Waals surface area contributed by atoms with Crippen LogP contribution in [0.5, 0.6) is 0 Å². The summed E-state index contributed by atoms with van der Waals surface area (Å²) in [7, 11) is 0. The minimum Gasteiger partial charge on any atom is -0.396 e. The molecule has 21 heavy (non-hydrogen) atoms. The lowest BCUT2D eigenvalue weighted by Gasteiger charge is -2.29. The fraction of sp³-hybridized carbons (Fsp3) is 0.176. The number of hydrogen-bond donors (Lipinski definition) is 2. The Labute approximate surface area is 124 Å². The number of hydrogen-bond acceptors (Lipinski definition) is 4. The zero-order valence-corrected chi connectivity index (χ0v) is 12.0. The van der Waals surface area contributed by atoms with Gasteiger partial charge in [0.05, 0.1) is 5.70 Å². The van der Waals surface area contributed by atoms with E-state index in [9.17, 15) is 0 Å². The molecule has 1 aliphatic heterocycles. The van der Waals surface area contributed by atoms with Gasteiger partial charge in [0.25, 0.3) is 0 Å². The van der Waals surface area contributed by atoms with E-state index < -0.39 is 0 Å². The van der Waals surface area contributed by atoms with Crippen LogP contribution in [0.25, 0.3) is 11.4 Å². The van der Waals surface area contributed by atoms with E-state index in [-0.39, 0.29) is 0 Å². The highest BCUT2D eigenvalue weighted by Crippen LogP contribution is 2.35. The first-order chi connectivity index (χ1) is 10.3. The summed E-state index contributed by atoms with van der Waals surface area (Å²) in [5.41, 5.74) is 19.1. The Kier molecular flexibility index (Phi) is 3.44. The summed E-state index contributed by atoms with van der Waals surface area (Å²) in [6, 6.07) is 16.1. The quantitative estimate of drug-likeness (QED) is 0.820. The lowest BCUT2D eigenvalue weighted by atomic mass is 9.96. The molecule has 2 aromatic rings. The van der Waals surface area contributed by atoms with Crippen LogP contribution in [0, 0.1) is 5.53 Å². The van der Waals surface area contributed by atoms with Gasteiger partial charge in [0.15, 0.2) is 0 Å². The van der Waals surface area contributed by atoms with Crippen LogP contribution in [-0.4, -0.2) is 6.54 Å². The number of fused-ring (bicyclic) bond motifs is 2. The van der Waals surface area contributed by atoms with Crippen molar-refractivity contribution in [2.45, 2.75) is 13.5 Å². The second-order valence-corrected chi connectivity index (χ2v) is 5.06. The number of para-hydroxylation sites is 1. The van der Waals surface area contributed by atoms with Crippen LogP contribution < -0.4 is 10.6 Å². The molecular weight excluding hydrogens is 260 g/mol. The van der Waals surface area contributed by atoms with Crippen LogP contribution >= 0.6 is 0 Å². The second kappa shape index (κ2) is 5.40. The Bertz CT molecular complexity index is 718. The third-order valence-corrected chi connectivity index (χ3v) is 3.92. The first-order valence-electron chi connectivity index (χ1n) is 7.06. The van der Waals surface area contributed by atoms with Crippen molar-refractivity contribution in [3.8, 4) is 0 Å². The summed E-state index contributed by atoms with van der Waals surface area (Å²) in [4.78, 5) is 2.29. The van der Waals surface area contributed by atoms with Crippen LogP contribution in [0.3, 0.4) is 0 Å². The second-order valence-electron chi connectivity index (χ2n) is 5.06. The molecule has 0 unspecified atom stereocenters. The Balaban J connectivity index is 2.34. The van der Waals surface area contributed by atoms with Crippen LogP contribution in [0.4, 0.5) is 5.69 Å². The van der Waals surface area contributed by atoms with Crippen molar-refractivity contribution in [1.29, 1.82) is 5.53 Å². The number of rotatable bonds is 2. The molecule has 3 N–H and O–H groups in total. The average Bonchev–Trinajstić information content (AvgIpc) is 2.53. The Morgan fingerprint density at radius 1 is 1.10 bits per heavy atom. The monoisotopic (exact) mass is 278 g/mol. The molecule has 1 aliphatic rings. The van der Waals surface area contributed by atoms with E-state index in [0.717, 1.165) is 35.5 Å². The van der Waals surface area contributed by atoms with Gasteiger partial charge in [0, 0.05) is 29.9 Å². The van der Waals surface area contributed by atoms with Crippen molar-refractivity contribution in [2.24, 2.45) is 10.8 Å². The van der Waals surface area contributed by atoms with Gasteiger partial charge in [-0.05, 0) is 18.6 Å². The molecule has 0 saturated heterocycles. The highest BCUT2D eigenvalue weighted by molar-refractivity contribution is 5.93. The Hall–Kier alpha value is -2.62. The number of benzene rings is 2. The normalized spacial score (nSPS) is 17.5. The molecule has 2 aromatic carbocycles. The van der Waals surface area contributed by atoms with Crippen LogP contribution in [-0.2, 0) is 6.54 Å². The molecule has 0 atom stereocenters. The van der Waals surface area contributed by atoms with Gasteiger partial charge in [-0.2, -0.15) is 5.11 Å². The summed E-state index contributed by atoms with van der Waals surface area (Å²) >= 11 is 0. The fourth-order valence-electron chi connectivity index (χ4n) is 2.83. The topological polar surface area (TPSA) is 65.5 Å². The van der Waals surface area contributed by atoms with Crippen molar-refractivity contribution in [3.05, 3.63) is 65.2 Å². The smallest absolute Gasteiger partial charge is 0.116 e. The minimum absolute atomic E-state index is 0.550. The maximum absolute atomic E-state index is 7.54. The highest BCUT2D eigenvalue weighted by Gasteiger charge is 2.21. The first-order valence-corrected chi connectivity index (χ1v) is 7.06. The molecule has 0 bridgehead atoms. The molecule has 0 aromatic heterocycles. The van der Waals surface area contributed by atoms with Crippen molar-refractivity contribution < 1.29 is 0 Å². The molecule has 106 valence electrons. The SMILES string of the molecule is CCN1Cc2ccccc2/C(N=N)=C(/N)c2ccccc21. The third-order valence-electron chi connectivity index (χ3n) is 3.92. The molecular formula is C17H18N4. The van der Waals surface area contributed by atoms with Gasteiger partial charge in [-0.25, -0.2) is 5.53 Å². The zero-order chi connectivity index (χ0) is 14.8. The molecule has 4 nitrogen and oxygen atoms in total. The van der Waals surface area contributed by atoms with Crippen molar-refractivity contribution in [1.82, 2.24) is 0 Å². The summed E-state index contributed by atoms with van der Waals surface area (Å²) < 4.78 is 0. The molecule has 3 rings (SSSR count). The van der Waals surface area contributed by atoms with Gasteiger partial charge in [-0.1, -0.05) is 42.5 Å².